The third-order valence-electron chi connectivity index (χ3n) is 1.83. The molecular weight excluding hydrogens is 166 g/mol. The van der Waals surface area contributed by atoms with E-state index in [1.165, 1.54) is 0 Å². The molecular formula is C9H13N3O. The van der Waals surface area contributed by atoms with Gasteiger partial charge in [0.2, 0.25) is 0 Å². The third kappa shape index (κ3) is 2.27. The minimum atomic E-state index is -0.295. The Bertz CT molecular complexity index is 292. The quantitative estimate of drug-likeness (QED) is 0.347. The molecule has 0 bridgehead atoms. The number of hydrazine groups is 1. The smallest absolute Gasteiger partial charge is 0.265 e. The number of nitrogens with one attached hydrogen (secondary N) is 1. The van der Waals surface area contributed by atoms with Crippen LogP contribution in [0.3, 0.4) is 0 Å². The lowest BCUT2D eigenvalue weighted by Crippen LogP contribution is -2.29. The number of nitrogens with two attached hydrogens (primary N) is 2. The van der Waals surface area contributed by atoms with Crippen LogP contribution in [-0.2, 0) is 0 Å². The van der Waals surface area contributed by atoms with Gasteiger partial charge in [0.05, 0.1) is 0 Å². The van der Waals surface area contributed by atoms with Crippen LogP contribution >= 0.6 is 0 Å². The molecule has 0 saturated carbocycles. The highest BCUT2D eigenvalue weighted by Gasteiger charge is 2.03. The SMILES string of the molecule is CC(N)c1ccc(C(=O)NN)cc1. The molecule has 70 valence electrons. The van der Waals surface area contributed by atoms with Gasteiger partial charge in [0.15, 0.2) is 0 Å². The molecule has 0 saturated heterocycles. The molecule has 0 aromatic heterocycles. The summed E-state index contributed by atoms with van der Waals surface area (Å²) in [5, 5.41) is 0. The average molecular weight is 179 g/mol. The predicted octanol–water partition coefficient (Wildman–Crippen LogP) is 0.310. The lowest BCUT2D eigenvalue weighted by Gasteiger charge is -2.05. The van der Waals surface area contributed by atoms with E-state index in [1.54, 1.807) is 12.1 Å². The van der Waals surface area contributed by atoms with E-state index < -0.39 is 0 Å². The maximum absolute atomic E-state index is 11.0. The summed E-state index contributed by atoms with van der Waals surface area (Å²) in [6, 6.07) is 7.00. The van der Waals surface area contributed by atoms with E-state index >= 15 is 0 Å². The first-order valence-electron chi connectivity index (χ1n) is 4.01. The van der Waals surface area contributed by atoms with Crippen molar-refractivity contribution in [1.82, 2.24) is 5.43 Å². The third-order valence-corrected chi connectivity index (χ3v) is 1.83. The molecule has 0 aliphatic rings. The summed E-state index contributed by atoms with van der Waals surface area (Å²) in [5.41, 5.74) is 9.24. The lowest BCUT2D eigenvalue weighted by atomic mass is 10.1. The maximum atomic E-state index is 11.0. The number of hydrogen-bond acceptors (Lipinski definition) is 3. The molecule has 0 spiro atoms. The van der Waals surface area contributed by atoms with Gasteiger partial charge in [-0.2, -0.15) is 0 Å². The maximum Gasteiger partial charge on any atom is 0.265 e. The van der Waals surface area contributed by atoms with Crippen molar-refractivity contribution >= 4 is 5.91 Å². The molecule has 5 N–H and O–H groups in total. The number of carbonyl (C=O) groups excluding carboxylic acids is 1. The van der Waals surface area contributed by atoms with Crippen LogP contribution in [0.2, 0.25) is 0 Å². The number of benzene rings is 1. The van der Waals surface area contributed by atoms with Gasteiger partial charge in [0, 0.05) is 11.6 Å². The summed E-state index contributed by atoms with van der Waals surface area (Å²) < 4.78 is 0. The molecule has 1 aromatic carbocycles. The average Bonchev–Trinajstić information content (AvgIpc) is 2.17. The van der Waals surface area contributed by atoms with Crippen molar-refractivity contribution in [3.05, 3.63) is 35.4 Å². The fourth-order valence-electron chi connectivity index (χ4n) is 1.02. The van der Waals surface area contributed by atoms with Gasteiger partial charge in [-0.25, -0.2) is 5.84 Å². The van der Waals surface area contributed by atoms with Crippen molar-refractivity contribution in [2.75, 3.05) is 0 Å². The summed E-state index contributed by atoms with van der Waals surface area (Å²) >= 11 is 0. The first kappa shape index (κ1) is 9.70. The Morgan fingerprint density at radius 1 is 1.38 bits per heavy atom. The largest absolute Gasteiger partial charge is 0.324 e. The normalized spacial score (nSPS) is 12.2. The van der Waals surface area contributed by atoms with Gasteiger partial charge < -0.3 is 5.73 Å². The number of rotatable bonds is 2. The molecule has 0 aliphatic heterocycles. The van der Waals surface area contributed by atoms with E-state index in [9.17, 15) is 4.79 Å². The van der Waals surface area contributed by atoms with Crippen LogP contribution in [0.1, 0.15) is 28.9 Å². The number of amides is 1. The summed E-state index contributed by atoms with van der Waals surface area (Å²) in [7, 11) is 0. The van der Waals surface area contributed by atoms with Crippen LogP contribution in [0, 0.1) is 0 Å². The fourth-order valence-corrected chi connectivity index (χ4v) is 1.02. The molecule has 1 unspecified atom stereocenters. The van der Waals surface area contributed by atoms with Crippen molar-refractivity contribution in [2.24, 2.45) is 11.6 Å². The molecule has 1 rings (SSSR count). The minimum absolute atomic E-state index is 0.0185. The summed E-state index contributed by atoms with van der Waals surface area (Å²) in [6.45, 7) is 1.89. The van der Waals surface area contributed by atoms with E-state index in [0.29, 0.717) is 5.56 Å². The molecule has 13 heavy (non-hydrogen) atoms. The van der Waals surface area contributed by atoms with E-state index in [4.69, 9.17) is 11.6 Å². The van der Waals surface area contributed by atoms with Crippen LogP contribution in [0.5, 0.6) is 0 Å². The van der Waals surface area contributed by atoms with Crippen molar-refractivity contribution in [3.8, 4) is 0 Å². The molecule has 4 heteroatoms. The van der Waals surface area contributed by atoms with Crippen molar-refractivity contribution in [3.63, 3.8) is 0 Å². The van der Waals surface area contributed by atoms with Crippen LogP contribution in [0.25, 0.3) is 0 Å². The highest BCUT2D eigenvalue weighted by molar-refractivity contribution is 5.93. The Balaban J connectivity index is 2.87. The molecule has 4 nitrogen and oxygen atoms in total. The Hall–Kier alpha value is -1.39. The van der Waals surface area contributed by atoms with E-state index in [-0.39, 0.29) is 11.9 Å². The van der Waals surface area contributed by atoms with Crippen molar-refractivity contribution in [1.29, 1.82) is 0 Å². The van der Waals surface area contributed by atoms with Crippen LogP contribution in [0.15, 0.2) is 24.3 Å². The van der Waals surface area contributed by atoms with Gasteiger partial charge in [0.25, 0.3) is 5.91 Å². The highest BCUT2D eigenvalue weighted by Crippen LogP contribution is 2.10. The number of nitrogen functional groups attached to an aromatic ring is 1. The topological polar surface area (TPSA) is 81.1 Å². The standard InChI is InChI=1S/C9H13N3O/c1-6(10)7-2-4-8(5-3-7)9(13)12-11/h2-6H,10-11H2,1H3,(H,12,13). The van der Waals surface area contributed by atoms with Gasteiger partial charge in [-0.15, -0.1) is 0 Å². The van der Waals surface area contributed by atoms with Gasteiger partial charge in [0.1, 0.15) is 0 Å². The molecule has 1 amide bonds. The lowest BCUT2D eigenvalue weighted by molar-refractivity contribution is 0.0953. The Labute approximate surface area is 76.9 Å². The van der Waals surface area contributed by atoms with E-state index in [0.717, 1.165) is 5.56 Å². The second kappa shape index (κ2) is 4.02. The second-order valence-corrected chi connectivity index (χ2v) is 2.88. The zero-order valence-electron chi connectivity index (χ0n) is 7.45. The predicted molar refractivity (Wildman–Crippen MR) is 50.7 cm³/mol. The highest BCUT2D eigenvalue weighted by atomic mass is 16.2. The van der Waals surface area contributed by atoms with Crippen LogP contribution in [-0.4, -0.2) is 5.91 Å². The molecule has 0 radical (unpaired) electrons. The molecule has 1 aromatic rings. The Morgan fingerprint density at radius 3 is 2.31 bits per heavy atom. The van der Waals surface area contributed by atoms with E-state index in [2.05, 4.69) is 5.43 Å². The molecule has 0 aliphatic carbocycles. The van der Waals surface area contributed by atoms with Crippen molar-refractivity contribution < 1.29 is 4.79 Å². The zero-order valence-corrected chi connectivity index (χ0v) is 7.45. The van der Waals surface area contributed by atoms with Gasteiger partial charge in [-0.1, -0.05) is 12.1 Å². The first-order valence-corrected chi connectivity index (χ1v) is 4.01. The molecule has 0 heterocycles. The van der Waals surface area contributed by atoms with Gasteiger partial charge in [-0.05, 0) is 24.6 Å². The summed E-state index contributed by atoms with van der Waals surface area (Å²) in [5.74, 6) is 4.68. The van der Waals surface area contributed by atoms with E-state index in [1.807, 2.05) is 19.1 Å². The molecule has 0 fully saturated rings. The number of carbonyl (C=O) groups is 1. The Morgan fingerprint density at radius 2 is 1.92 bits per heavy atom. The van der Waals surface area contributed by atoms with Crippen molar-refractivity contribution in [2.45, 2.75) is 13.0 Å². The zero-order chi connectivity index (χ0) is 9.84. The second-order valence-electron chi connectivity index (χ2n) is 2.88. The number of hydrogen-bond donors (Lipinski definition) is 3. The first-order chi connectivity index (χ1) is 6.15. The van der Waals surface area contributed by atoms with Crippen LogP contribution < -0.4 is 17.0 Å². The van der Waals surface area contributed by atoms with Gasteiger partial charge in [-0.3, -0.25) is 10.2 Å². The summed E-state index contributed by atoms with van der Waals surface area (Å²) in [4.78, 5) is 11.0. The Kier molecular flexibility index (Phi) is 3.00. The van der Waals surface area contributed by atoms with Gasteiger partial charge >= 0.3 is 0 Å². The minimum Gasteiger partial charge on any atom is -0.324 e. The molecule has 1 atom stereocenters. The van der Waals surface area contributed by atoms with Crippen LogP contribution in [0.4, 0.5) is 0 Å². The monoisotopic (exact) mass is 179 g/mol. The fraction of sp³-hybridized carbons (Fsp3) is 0.222. The summed E-state index contributed by atoms with van der Waals surface area (Å²) in [6.07, 6.45) is 0.